The second-order valence-electron chi connectivity index (χ2n) is 19.1. The third-order valence-corrected chi connectivity index (χ3v) is 13.9. The van der Waals surface area contributed by atoms with Crippen molar-refractivity contribution >= 4 is 63.7 Å². The normalized spacial score (nSPS) is 16.1. The molecular formula is C53H55F4N7O7S2. The number of hydrogen-bond acceptors (Lipinski definition) is 11. The van der Waals surface area contributed by atoms with E-state index < -0.39 is 58.0 Å². The molecule has 20 heteroatoms. The minimum atomic E-state index is -4.86. The molecule has 4 amide bonds. The lowest BCUT2D eigenvalue weighted by Gasteiger charge is -2.35. The van der Waals surface area contributed by atoms with Crippen LogP contribution in [0.5, 0.6) is 5.75 Å². The molecule has 0 radical (unpaired) electrons. The van der Waals surface area contributed by atoms with E-state index in [9.17, 15) is 37.6 Å². The smallest absolute Gasteiger partial charge is 0.417 e. The number of nitrogens with one attached hydrogen (secondary N) is 2. The van der Waals surface area contributed by atoms with E-state index in [1.165, 1.54) is 43.0 Å². The molecule has 384 valence electrons. The molecular weight excluding hydrogens is 987 g/mol. The molecule has 0 unspecified atom stereocenters. The molecule has 0 saturated carbocycles. The molecule has 2 N–H and O–H groups in total. The number of anilines is 2. The Balaban J connectivity index is 0.828. The Morgan fingerprint density at radius 3 is 2.25 bits per heavy atom. The van der Waals surface area contributed by atoms with Crippen LogP contribution < -0.4 is 25.2 Å². The molecule has 0 spiro atoms. The van der Waals surface area contributed by atoms with E-state index >= 15 is 4.39 Å². The lowest BCUT2D eigenvalue weighted by molar-refractivity contribution is -0.144. The molecule has 2 saturated heterocycles. The van der Waals surface area contributed by atoms with Crippen LogP contribution in [0.1, 0.15) is 69.8 Å². The van der Waals surface area contributed by atoms with E-state index in [0.29, 0.717) is 43.3 Å². The Bertz CT molecular complexity index is 2900. The lowest BCUT2D eigenvalue weighted by Crippen LogP contribution is -2.58. The topological polar surface area (TPSA) is 166 Å². The highest BCUT2D eigenvalue weighted by molar-refractivity contribution is 7.81. The van der Waals surface area contributed by atoms with Gasteiger partial charge in [0.15, 0.2) is 5.11 Å². The van der Waals surface area contributed by atoms with Gasteiger partial charge >= 0.3 is 6.18 Å². The molecule has 4 aromatic carbocycles. The number of alkyl halides is 3. The van der Waals surface area contributed by atoms with Crippen molar-refractivity contribution in [2.24, 2.45) is 5.41 Å². The van der Waals surface area contributed by atoms with Crippen molar-refractivity contribution in [1.82, 2.24) is 20.5 Å². The van der Waals surface area contributed by atoms with Gasteiger partial charge in [0.2, 0.25) is 17.7 Å². The van der Waals surface area contributed by atoms with Gasteiger partial charge in [-0.2, -0.15) is 18.4 Å². The van der Waals surface area contributed by atoms with Crippen molar-refractivity contribution in [2.45, 2.75) is 84.7 Å². The highest BCUT2D eigenvalue weighted by atomic mass is 32.1. The number of rotatable bonds is 18. The summed E-state index contributed by atoms with van der Waals surface area (Å²) in [6.07, 6.45) is -3.68. The monoisotopic (exact) mass is 1040 g/mol. The summed E-state index contributed by atoms with van der Waals surface area (Å²) in [6.45, 7) is 11.6. The Labute approximate surface area is 430 Å². The summed E-state index contributed by atoms with van der Waals surface area (Å²) in [5.74, 6) is -1.84. The Hall–Kier alpha value is -6.79. The van der Waals surface area contributed by atoms with E-state index in [-0.39, 0.29) is 66.9 Å². The number of carbonyl (C=O) groups is 4. The van der Waals surface area contributed by atoms with Crippen LogP contribution in [-0.4, -0.2) is 95.8 Å². The SMILES string of the molecule is Cc1ncsc1-c1ccc(CNC(=O)[C@@H]2CCCN2C(=O)[C@@H](NC(=O)COCCOCCOc2ccc(-c3ccc(N4C(=S)N(c5ccc(C#N)c(C(F)(F)F)c5)C(=O)C4(C)C)cc3F)cc2)C(C)(C)C)cc1. The number of halogens is 4. The molecule has 73 heavy (non-hydrogen) atoms. The summed E-state index contributed by atoms with van der Waals surface area (Å²) in [7, 11) is 0. The summed E-state index contributed by atoms with van der Waals surface area (Å²) >= 11 is 7.16. The first kappa shape index (κ1) is 54.0. The number of hydrogen-bond donors (Lipinski definition) is 2. The maximum Gasteiger partial charge on any atom is 0.417 e. The van der Waals surface area contributed by atoms with Gasteiger partial charge in [0.1, 0.15) is 42.4 Å². The van der Waals surface area contributed by atoms with Crippen LogP contribution in [0.2, 0.25) is 0 Å². The molecule has 0 aliphatic carbocycles. The van der Waals surface area contributed by atoms with Gasteiger partial charge in [0, 0.05) is 24.3 Å². The van der Waals surface area contributed by atoms with Gasteiger partial charge in [-0.15, -0.1) is 11.3 Å². The minimum Gasteiger partial charge on any atom is -0.491 e. The fraction of sp³-hybridized carbons (Fsp3) is 0.377. The molecule has 3 heterocycles. The van der Waals surface area contributed by atoms with Crippen LogP contribution in [0.15, 0.2) is 90.4 Å². The quantitative estimate of drug-likeness (QED) is 0.0489. The summed E-state index contributed by atoms with van der Waals surface area (Å²) in [4.78, 5) is 63.3. The number of nitrogens with zero attached hydrogens (tertiary/aromatic N) is 5. The second kappa shape index (κ2) is 22.5. The van der Waals surface area contributed by atoms with Crippen LogP contribution in [0.25, 0.3) is 21.6 Å². The van der Waals surface area contributed by atoms with Gasteiger partial charge in [-0.05, 0) is 116 Å². The first-order valence-electron chi connectivity index (χ1n) is 23.5. The van der Waals surface area contributed by atoms with Crippen LogP contribution in [0.4, 0.5) is 28.9 Å². The van der Waals surface area contributed by atoms with E-state index in [0.717, 1.165) is 32.7 Å². The number of likely N-dealkylation sites (tertiary alicyclic amines) is 1. The number of carbonyl (C=O) groups excluding carboxylic acids is 4. The zero-order valence-electron chi connectivity index (χ0n) is 41.1. The molecule has 14 nitrogen and oxygen atoms in total. The van der Waals surface area contributed by atoms with E-state index in [1.54, 1.807) is 46.6 Å². The molecule has 1 aromatic heterocycles. The summed E-state index contributed by atoms with van der Waals surface area (Å²) in [5, 5.41) is 14.9. The molecule has 0 bridgehead atoms. The molecule has 2 atom stereocenters. The number of aromatic nitrogens is 1. The summed E-state index contributed by atoms with van der Waals surface area (Å²) in [5.41, 5.74) is 1.67. The van der Waals surface area contributed by atoms with Crippen LogP contribution in [0, 0.1) is 29.5 Å². The Morgan fingerprint density at radius 1 is 0.932 bits per heavy atom. The maximum absolute atomic E-state index is 15.8. The average Bonchev–Trinajstić information content (AvgIpc) is 4.06. The summed E-state index contributed by atoms with van der Waals surface area (Å²) < 4.78 is 74.0. The molecule has 2 fully saturated rings. The van der Waals surface area contributed by atoms with Gasteiger partial charge in [-0.25, -0.2) is 9.37 Å². The standard InChI is InChI=1S/C53H55F4N7O7S2/c1-32-45(73-31-60-32)35-11-9-33(10-12-35)29-59-47(66)43-8-7-21-62(43)48(67)46(51(2,3)4)61-44(65)30-70-23-22-69-24-25-71-39-18-14-34(15-19-39)40-20-17-38(27-42(40)54)64-50(72)63(49(68)52(64,5)6)37-16-13-36(28-58)41(26-37)53(55,56)57/h9-20,26-27,31,43,46H,7-8,21-25,29-30H2,1-6H3,(H,59,66)(H,61,65)/t43-,46+/m0/s1. The van der Waals surface area contributed by atoms with Gasteiger partial charge in [0.05, 0.1) is 58.8 Å². The lowest BCUT2D eigenvalue weighted by atomic mass is 9.85. The first-order valence-corrected chi connectivity index (χ1v) is 24.7. The zero-order chi connectivity index (χ0) is 52.8. The van der Waals surface area contributed by atoms with Gasteiger partial charge in [-0.3, -0.25) is 24.1 Å². The Morgan fingerprint density at radius 2 is 1.60 bits per heavy atom. The van der Waals surface area contributed by atoms with Crippen molar-refractivity contribution in [3.05, 3.63) is 119 Å². The average molecular weight is 1040 g/mol. The largest absolute Gasteiger partial charge is 0.491 e. The number of ether oxygens (including phenoxy) is 3. The highest BCUT2D eigenvalue weighted by Crippen LogP contribution is 2.41. The number of aryl methyl sites for hydroxylation is 1. The molecule has 2 aliphatic rings. The van der Waals surface area contributed by atoms with E-state index in [4.69, 9.17) is 26.4 Å². The zero-order valence-corrected chi connectivity index (χ0v) is 42.7. The van der Waals surface area contributed by atoms with E-state index in [2.05, 4.69) is 15.6 Å². The van der Waals surface area contributed by atoms with Crippen molar-refractivity contribution in [3.8, 4) is 33.4 Å². The highest BCUT2D eigenvalue weighted by Gasteiger charge is 2.51. The number of thiocarbonyl (C=S) groups is 1. The van der Waals surface area contributed by atoms with Crippen LogP contribution in [0.3, 0.4) is 0 Å². The van der Waals surface area contributed by atoms with Crippen LogP contribution in [-0.2, 0) is 41.4 Å². The molecule has 2 aliphatic heterocycles. The number of thiazole rings is 1. The molecule has 7 rings (SSSR count). The predicted molar refractivity (Wildman–Crippen MR) is 272 cm³/mol. The van der Waals surface area contributed by atoms with Crippen molar-refractivity contribution in [1.29, 1.82) is 5.26 Å². The fourth-order valence-electron chi connectivity index (χ4n) is 8.65. The van der Waals surface area contributed by atoms with Crippen molar-refractivity contribution in [3.63, 3.8) is 0 Å². The fourth-order valence-corrected chi connectivity index (χ4v) is 9.98. The number of nitriles is 1. The Kier molecular flexibility index (Phi) is 16.7. The van der Waals surface area contributed by atoms with Gasteiger partial charge < -0.3 is 34.6 Å². The molecule has 5 aromatic rings. The number of amides is 4. The maximum atomic E-state index is 15.8. The summed E-state index contributed by atoms with van der Waals surface area (Å²) in [6, 6.07) is 21.7. The predicted octanol–water partition coefficient (Wildman–Crippen LogP) is 8.98. The minimum absolute atomic E-state index is 0.0954. The first-order chi connectivity index (χ1) is 34.6. The second-order valence-corrected chi connectivity index (χ2v) is 20.3. The van der Waals surface area contributed by atoms with Crippen molar-refractivity contribution < 1.29 is 51.0 Å². The van der Waals surface area contributed by atoms with Crippen LogP contribution >= 0.6 is 23.6 Å². The van der Waals surface area contributed by atoms with Gasteiger partial charge in [0.25, 0.3) is 5.91 Å². The third kappa shape index (κ3) is 12.4. The van der Waals surface area contributed by atoms with Crippen molar-refractivity contribution in [2.75, 3.05) is 49.4 Å². The third-order valence-electron chi connectivity index (χ3n) is 12.5. The number of benzene rings is 4. The van der Waals surface area contributed by atoms with Gasteiger partial charge in [-0.1, -0.05) is 57.2 Å². The van der Waals surface area contributed by atoms with E-state index in [1.807, 2.05) is 57.5 Å².